The van der Waals surface area contributed by atoms with Gasteiger partial charge in [0.2, 0.25) is 5.91 Å². The second kappa shape index (κ2) is 8.52. The summed E-state index contributed by atoms with van der Waals surface area (Å²) < 4.78 is 19.2. The van der Waals surface area contributed by atoms with Crippen LogP contribution < -0.4 is 5.73 Å². The van der Waals surface area contributed by atoms with E-state index in [0.29, 0.717) is 52.2 Å². The van der Waals surface area contributed by atoms with Crippen LogP contribution in [0, 0.1) is 5.82 Å². The minimum Gasteiger partial charge on any atom is -0.381 e. The number of nitrogens with two attached hydrogens (primary N) is 1. The third kappa shape index (κ3) is 4.11. The van der Waals surface area contributed by atoms with Crippen LogP contribution in [-0.4, -0.2) is 66.5 Å². The average molecular weight is 406 g/mol. The van der Waals surface area contributed by atoms with Crippen LogP contribution in [0.25, 0.3) is 0 Å². The van der Waals surface area contributed by atoms with E-state index in [1.807, 2.05) is 0 Å². The van der Waals surface area contributed by atoms with E-state index in [9.17, 15) is 14.0 Å². The molecule has 1 aromatic rings. The smallest absolute Gasteiger partial charge is 0.258 e. The fraction of sp³-hybridized carbons (Fsp3) is 0.529. The summed E-state index contributed by atoms with van der Waals surface area (Å²) in [6, 6.07) is 4.16. The molecule has 2 heterocycles. The Bertz CT molecular complexity index is 655. The molecule has 2 aliphatic heterocycles. The van der Waals surface area contributed by atoms with Gasteiger partial charge in [-0.05, 0) is 25.0 Å². The van der Waals surface area contributed by atoms with Crippen LogP contribution in [-0.2, 0) is 9.53 Å². The molecule has 2 N–H and O–H groups in total. The van der Waals surface area contributed by atoms with Gasteiger partial charge in [-0.2, -0.15) is 0 Å². The highest BCUT2D eigenvalue weighted by Crippen LogP contribution is 2.24. The average Bonchev–Trinajstić information content (AvgIpc) is 2.61. The predicted molar refractivity (Wildman–Crippen MR) is 98.1 cm³/mol. The standard InChI is InChI=1S/C17H21ClFN3O3.ClH/c18-12-2-1-3-13(19)14(12)15(23)21-6-8-22(9-7-21)16(24)17(20)4-10-25-11-5-17;/h1-3H,4-11,20H2;1H. The Balaban J connectivity index is 0.00000243. The quantitative estimate of drug-likeness (QED) is 0.811. The maximum atomic E-state index is 13.9. The number of halogens is 3. The number of amides is 2. The highest BCUT2D eigenvalue weighted by molar-refractivity contribution is 6.33. The van der Waals surface area contributed by atoms with E-state index in [1.165, 1.54) is 23.1 Å². The van der Waals surface area contributed by atoms with Gasteiger partial charge in [0, 0.05) is 39.4 Å². The largest absolute Gasteiger partial charge is 0.381 e. The lowest BCUT2D eigenvalue weighted by Crippen LogP contribution is -2.61. The summed E-state index contributed by atoms with van der Waals surface area (Å²) >= 11 is 5.96. The Kier molecular flexibility index (Phi) is 6.85. The molecule has 2 amide bonds. The highest BCUT2D eigenvalue weighted by atomic mass is 35.5. The number of carbonyl (C=O) groups is 2. The third-order valence-corrected chi connectivity index (χ3v) is 5.16. The van der Waals surface area contributed by atoms with Gasteiger partial charge in [-0.1, -0.05) is 17.7 Å². The van der Waals surface area contributed by atoms with Gasteiger partial charge >= 0.3 is 0 Å². The summed E-state index contributed by atoms with van der Waals surface area (Å²) in [7, 11) is 0. The minimum atomic E-state index is -0.890. The number of nitrogens with zero attached hydrogens (tertiary/aromatic N) is 2. The van der Waals surface area contributed by atoms with E-state index in [1.54, 1.807) is 4.90 Å². The van der Waals surface area contributed by atoms with E-state index >= 15 is 0 Å². The van der Waals surface area contributed by atoms with Gasteiger partial charge in [-0.15, -0.1) is 12.4 Å². The SMILES string of the molecule is Cl.NC1(C(=O)N2CCN(C(=O)c3c(F)cccc3Cl)CC2)CCOCC1. The first kappa shape index (κ1) is 20.9. The van der Waals surface area contributed by atoms with E-state index < -0.39 is 17.3 Å². The number of carbonyl (C=O) groups excluding carboxylic acids is 2. The van der Waals surface area contributed by atoms with Crippen molar-refractivity contribution < 1.29 is 18.7 Å². The number of ether oxygens (including phenoxy) is 1. The van der Waals surface area contributed by atoms with Crippen LogP contribution >= 0.6 is 24.0 Å². The first-order valence-electron chi connectivity index (χ1n) is 8.32. The zero-order valence-corrected chi connectivity index (χ0v) is 15.8. The molecule has 6 nitrogen and oxygen atoms in total. The summed E-state index contributed by atoms with van der Waals surface area (Å²) in [4.78, 5) is 28.4. The van der Waals surface area contributed by atoms with Crippen molar-refractivity contribution in [3.8, 4) is 0 Å². The Morgan fingerprint density at radius 3 is 2.27 bits per heavy atom. The molecule has 0 aromatic heterocycles. The Hall–Kier alpha value is -1.41. The molecule has 0 aliphatic carbocycles. The Morgan fingerprint density at radius 1 is 1.12 bits per heavy atom. The molecule has 0 bridgehead atoms. The van der Waals surface area contributed by atoms with Crippen molar-refractivity contribution in [2.24, 2.45) is 5.73 Å². The van der Waals surface area contributed by atoms with Gasteiger partial charge in [0.25, 0.3) is 5.91 Å². The Labute approximate surface area is 162 Å². The molecule has 0 atom stereocenters. The zero-order chi connectivity index (χ0) is 18.0. The lowest BCUT2D eigenvalue weighted by atomic mass is 9.89. The normalized spacial score (nSPS) is 19.7. The number of rotatable bonds is 2. The highest BCUT2D eigenvalue weighted by Gasteiger charge is 2.40. The molecule has 26 heavy (non-hydrogen) atoms. The van der Waals surface area contributed by atoms with Crippen LogP contribution in [0.15, 0.2) is 18.2 Å². The summed E-state index contributed by atoms with van der Waals surface area (Å²) in [5.74, 6) is -1.20. The second-order valence-corrected chi connectivity index (χ2v) is 6.86. The lowest BCUT2D eigenvalue weighted by molar-refractivity contribution is -0.142. The minimum absolute atomic E-state index is 0. The maximum absolute atomic E-state index is 13.9. The van der Waals surface area contributed by atoms with Crippen LogP contribution in [0.3, 0.4) is 0 Å². The van der Waals surface area contributed by atoms with Crippen molar-refractivity contribution in [3.05, 3.63) is 34.6 Å². The van der Waals surface area contributed by atoms with Gasteiger partial charge in [0.05, 0.1) is 16.1 Å². The summed E-state index contributed by atoms with van der Waals surface area (Å²) in [5.41, 5.74) is 5.23. The molecule has 2 aliphatic rings. The predicted octanol–water partition coefficient (Wildman–Crippen LogP) is 1.69. The van der Waals surface area contributed by atoms with E-state index in [2.05, 4.69) is 0 Å². The summed E-state index contributed by atoms with van der Waals surface area (Å²) in [6.07, 6.45) is 0.992. The molecule has 144 valence electrons. The van der Waals surface area contributed by atoms with Gasteiger partial charge in [-0.25, -0.2) is 4.39 Å². The van der Waals surface area contributed by atoms with Crippen molar-refractivity contribution in [3.63, 3.8) is 0 Å². The fourth-order valence-electron chi connectivity index (χ4n) is 3.24. The molecule has 1 aromatic carbocycles. The van der Waals surface area contributed by atoms with Crippen LogP contribution in [0.1, 0.15) is 23.2 Å². The van der Waals surface area contributed by atoms with Crippen LogP contribution in [0.2, 0.25) is 5.02 Å². The molecule has 0 spiro atoms. The molecule has 2 fully saturated rings. The topological polar surface area (TPSA) is 75.9 Å². The third-order valence-electron chi connectivity index (χ3n) is 4.84. The molecule has 9 heteroatoms. The molecule has 0 unspecified atom stereocenters. The van der Waals surface area contributed by atoms with Gasteiger partial charge in [-0.3, -0.25) is 9.59 Å². The van der Waals surface area contributed by atoms with Crippen molar-refractivity contribution in [2.45, 2.75) is 18.4 Å². The molecule has 3 rings (SSSR count). The van der Waals surface area contributed by atoms with Crippen molar-refractivity contribution in [1.82, 2.24) is 9.80 Å². The Morgan fingerprint density at radius 2 is 1.69 bits per heavy atom. The van der Waals surface area contributed by atoms with E-state index in [4.69, 9.17) is 22.1 Å². The first-order chi connectivity index (χ1) is 11.9. The van der Waals surface area contributed by atoms with E-state index in [-0.39, 0.29) is 28.9 Å². The van der Waals surface area contributed by atoms with Gasteiger partial charge in [0.1, 0.15) is 5.82 Å². The van der Waals surface area contributed by atoms with E-state index in [0.717, 1.165) is 0 Å². The van der Waals surface area contributed by atoms with Crippen LogP contribution in [0.5, 0.6) is 0 Å². The fourth-order valence-corrected chi connectivity index (χ4v) is 3.48. The van der Waals surface area contributed by atoms with Crippen LogP contribution in [0.4, 0.5) is 4.39 Å². The molecular weight excluding hydrogens is 384 g/mol. The number of hydrogen-bond acceptors (Lipinski definition) is 4. The lowest BCUT2D eigenvalue weighted by Gasteiger charge is -2.41. The van der Waals surface area contributed by atoms with Crippen molar-refractivity contribution in [1.29, 1.82) is 0 Å². The van der Waals surface area contributed by atoms with Gasteiger partial charge in [0.15, 0.2) is 0 Å². The summed E-state index contributed by atoms with van der Waals surface area (Å²) in [6.45, 7) is 2.34. The number of piperazine rings is 1. The summed E-state index contributed by atoms with van der Waals surface area (Å²) in [5, 5.41) is 0.0895. The van der Waals surface area contributed by atoms with Gasteiger partial charge < -0.3 is 20.3 Å². The zero-order valence-electron chi connectivity index (χ0n) is 14.2. The number of benzene rings is 1. The molecular formula is C17H22Cl2FN3O3. The monoisotopic (exact) mass is 405 g/mol. The maximum Gasteiger partial charge on any atom is 0.258 e. The number of hydrogen-bond donors (Lipinski definition) is 1. The molecule has 0 radical (unpaired) electrons. The first-order valence-corrected chi connectivity index (χ1v) is 8.69. The second-order valence-electron chi connectivity index (χ2n) is 6.45. The van der Waals surface area contributed by atoms with Crippen molar-refractivity contribution >= 4 is 35.8 Å². The van der Waals surface area contributed by atoms with Crippen molar-refractivity contribution in [2.75, 3.05) is 39.4 Å². The molecule has 2 saturated heterocycles. The molecule has 0 saturated carbocycles.